The molecule has 0 saturated carbocycles. The predicted octanol–water partition coefficient (Wildman–Crippen LogP) is 3.10. The predicted molar refractivity (Wildman–Crippen MR) is 93.3 cm³/mol. The molecule has 0 radical (unpaired) electrons. The zero-order valence-electron chi connectivity index (χ0n) is 13.4. The molecular formula is C19H18N4O. The van der Waals surface area contributed by atoms with E-state index in [2.05, 4.69) is 22.0 Å². The van der Waals surface area contributed by atoms with Gasteiger partial charge in [0.05, 0.1) is 11.2 Å². The van der Waals surface area contributed by atoms with Crippen molar-refractivity contribution in [2.24, 2.45) is 0 Å². The van der Waals surface area contributed by atoms with Crippen LogP contribution in [0.3, 0.4) is 0 Å². The Balaban J connectivity index is 1.67. The van der Waals surface area contributed by atoms with Gasteiger partial charge in [-0.2, -0.15) is 0 Å². The highest BCUT2D eigenvalue weighted by molar-refractivity contribution is 5.85. The zero-order valence-corrected chi connectivity index (χ0v) is 13.4. The van der Waals surface area contributed by atoms with Gasteiger partial charge in [0.25, 0.3) is 0 Å². The molecule has 5 nitrogen and oxygen atoms in total. The van der Waals surface area contributed by atoms with Crippen LogP contribution >= 0.6 is 0 Å². The highest BCUT2D eigenvalue weighted by Gasteiger charge is 2.24. The largest absolute Gasteiger partial charge is 0.493 e. The van der Waals surface area contributed by atoms with Gasteiger partial charge in [-0.1, -0.05) is 6.07 Å². The first kappa shape index (κ1) is 13.7. The van der Waals surface area contributed by atoms with Crippen LogP contribution in [0, 0.1) is 0 Å². The molecule has 0 bridgehead atoms. The van der Waals surface area contributed by atoms with Crippen molar-refractivity contribution >= 4 is 16.9 Å². The van der Waals surface area contributed by atoms with Crippen LogP contribution in [0.5, 0.6) is 5.88 Å². The van der Waals surface area contributed by atoms with Crippen molar-refractivity contribution in [3.63, 3.8) is 0 Å². The Labute approximate surface area is 140 Å². The fraction of sp³-hybridized carbons (Fsp3) is 0.316. The minimum atomic E-state index is 0.0539. The van der Waals surface area contributed by atoms with Gasteiger partial charge in [0.2, 0.25) is 11.8 Å². The zero-order chi connectivity index (χ0) is 16.1. The second-order valence-corrected chi connectivity index (χ2v) is 6.57. The molecule has 2 aromatic heterocycles. The topological polar surface area (TPSA) is 62.1 Å². The first-order chi connectivity index (χ1) is 11.8. The second kappa shape index (κ2) is 5.16. The van der Waals surface area contributed by atoms with E-state index in [4.69, 9.17) is 9.97 Å². The molecule has 5 rings (SSSR count). The van der Waals surface area contributed by atoms with Gasteiger partial charge in [0.1, 0.15) is 0 Å². The third kappa shape index (κ3) is 2.12. The first-order valence-electron chi connectivity index (χ1n) is 8.53. The summed E-state index contributed by atoms with van der Waals surface area (Å²) in [7, 11) is 0. The third-order valence-electron chi connectivity index (χ3n) is 5.01. The lowest BCUT2D eigenvalue weighted by Gasteiger charge is -2.31. The molecule has 24 heavy (non-hydrogen) atoms. The number of aromatic nitrogens is 3. The molecule has 0 spiro atoms. The Hall–Kier alpha value is -2.69. The number of fused-ring (bicyclic) bond motifs is 2. The summed E-state index contributed by atoms with van der Waals surface area (Å²) in [4.78, 5) is 16.1. The van der Waals surface area contributed by atoms with Crippen LogP contribution in [-0.2, 0) is 12.8 Å². The number of hydrogen-bond acceptors (Lipinski definition) is 5. The smallest absolute Gasteiger partial charge is 0.226 e. The Morgan fingerprint density at radius 3 is 2.67 bits per heavy atom. The van der Waals surface area contributed by atoms with Crippen molar-refractivity contribution in [2.45, 2.75) is 25.7 Å². The molecule has 1 saturated heterocycles. The number of hydrogen-bond donors (Lipinski definition) is 1. The lowest BCUT2D eigenvalue weighted by Crippen LogP contribution is -2.38. The van der Waals surface area contributed by atoms with Crippen molar-refractivity contribution in [3.05, 3.63) is 41.6 Å². The molecule has 2 aliphatic rings. The maximum absolute atomic E-state index is 9.54. The molecule has 1 aliphatic heterocycles. The van der Waals surface area contributed by atoms with Crippen LogP contribution in [-0.4, -0.2) is 33.1 Å². The molecule has 5 heteroatoms. The van der Waals surface area contributed by atoms with Gasteiger partial charge in [-0.15, -0.1) is 0 Å². The van der Waals surface area contributed by atoms with Crippen molar-refractivity contribution in [2.75, 3.05) is 18.0 Å². The van der Waals surface area contributed by atoms with E-state index in [-0.39, 0.29) is 5.88 Å². The van der Waals surface area contributed by atoms with Gasteiger partial charge in [-0.25, -0.2) is 15.0 Å². The minimum absolute atomic E-state index is 0.0539. The highest BCUT2D eigenvalue weighted by atomic mass is 16.3. The van der Waals surface area contributed by atoms with E-state index in [0.717, 1.165) is 60.5 Å². The summed E-state index contributed by atoms with van der Waals surface area (Å²) in [5.41, 5.74) is 5.48. The minimum Gasteiger partial charge on any atom is -0.493 e. The molecule has 1 aliphatic carbocycles. The van der Waals surface area contributed by atoms with Gasteiger partial charge in [-0.05, 0) is 43.9 Å². The number of benzene rings is 1. The number of pyridine rings is 1. The van der Waals surface area contributed by atoms with E-state index in [9.17, 15) is 5.11 Å². The van der Waals surface area contributed by atoms with Crippen molar-refractivity contribution in [3.8, 4) is 17.1 Å². The Morgan fingerprint density at radius 2 is 1.83 bits per heavy atom. The molecule has 0 amide bonds. The summed E-state index contributed by atoms with van der Waals surface area (Å²) < 4.78 is 0. The molecule has 1 fully saturated rings. The monoisotopic (exact) mass is 318 g/mol. The first-order valence-corrected chi connectivity index (χ1v) is 8.53. The molecule has 120 valence electrons. The Kier molecular flexibility index (Phi) is 2.95. The van der Waals surface area contributed by atoms with Crippen LogP contribution in [0.1, 0.15) is 24.1 Å². The van der Waals surface area contributed by atoms with E-state index in [1.54, 1.807) is 6.07 Å². The third-order valence-corrected chi connectivity index (χ3v) is 5.01. The fourth-order valence-corrected chi connectivity index (χ4v) is 3.58. The van der Waals surface area contributed by atoms with Crippen LogP contribution in [0.4, 0.5) is 5.95 Å². The molecule has 1 N–H and O–H groups in total. The van der Waals surface area contributed by atoms with Crippen LogP contribution < -0.4 is 4.90 Å². The Morgan fingerprint density at radius 1 is 0.917 bits per heavy atom. The Bertz CT molecular complexity index is 949. The summed E-state index contributed by atoms with van der Waals surface area (Å²) in [6.07, 6.45) is 4.48. The van der Waals surface area contributed by atoms with Gasteiger partial charge < -0.3 is 10.0 Å². The van der Waals surface area contributed by atoms with E-state index < -0.39 is 0 Å². The molecular weight excluding hydrogens is 300 g/mol. The van der Waals surface area contributed by atoms with Crippen LogP contribution in [0.2, 0.25) is 0 Å². The summed E-state index contributed by atoms with van der Waals surface area (Å²) in [5, 5.41) is 10.6. The molecule has 0 unspecified atom stereocenters. The van der Waals surface area contributed by atoms with Crippen molar-refractivity contribution < 1.29 is 5.11 Å². The van der Waals surface area contributed by atoms with Gasteiger partial charge in [-0.3, -0.25) is 0 Å². The molecule has 3 heterocycles. The second-order valence-electron chi connectivity index (χ2n) is 6.57. The van der Waals surface area contributed by atoms with Gasteiger partial charge >= 0.3 is 0 Å². The molecule has 3 aromatic rings. The van der Waals surface area contributed by atoms with E-state index in [1.165, 1.54) is 17.7 Å². The SMILES string of the molecule is Oc1ccc2cc(-c3nc(N4CCC4)nc4c3CCC4)ccc2n1. The summed E-state index contributed by atoms with van der Waals surface area (Å²) >= 11 is 0. The summed E-state index contributed by atoms with van der Waals surface area (Å²) in [6, 6.07) is 9.65. The molecule has 1 aromatic carbocycles. The lowest BCUT2D eigenvalue weighted by molar-refractivity contribution is 0.456. The van der Waals surface area contributed by atoms with E-state index in [1.807, 2.05) is 12.1 Å². The maximum Gasteiger partial charge on any atom is 0.226 e. The van der Waals surface area contributed by atoms with E-state index in [0.29, 0.717) is 0 Å². The fourth-order valence-electron chi connectivity index (χ4n) is 3.58. The van der Waals surface area contributed by atoms with Gasteiger partial charge in [0.15, 0.2) is 0 Å². The van der Waals surface area contributed by atoms with Crippen molar-refractivity contribution in [1.29, 1.82) is 0 Å². The van der Waals surface area contributed by atoms with Crippen LogP contribution in [0.15, 0.2) is 30.3 Å². The number of rotatable bonds is 2. The average molecular weight is 318 g/mol. The number of aromatic hydroxyl groups is 1. The standard InChI is InChI=1S/C19H18N4O/c24-17-8-6-12-11-13(5-7-15(12)20-17)18-14-3-1-4-16(14)21-19(22-18)23-9-2-10-23/h5-8,11H,1-4,9-10H2,(H,20,24). The van der Waals surface area contributed by atoms with Gasteiger partial charge in [0, 0.05) is 41.4 Å². The number of anilines is 1. The highest BCUT2D eigenvalue weighted by Crippen LogP contribution is 2.34. The van der Waals surface area contributed by atoms with E-state index >= 15 is 0 Å². The normalized spacial score (nSPS) is 16.2. The summed E-state index contributed by atoms with van der Waals surface area (Å²) in [6.45, 7) is 2.11. The maximum atomic E-state index is 9.54. The number of nitrogens with zero attached hydrogens (tertiary/aromatic N) is 4. The van der Waals surface area contributed by atoms with Crippen molar-refractivity contribution in [1.82, 2.24) is 15.0 Å². The number of aryl methyl sites for hydroxylation is 1. The summed E-state index contributed by atoms with van der Waals surface area (Å²) in [5.74, 6) is 0.930. The average Bonchev–Trinajstić information content (AvgIpc) is 3.00. The van der Waals surface area contributed by atoms with Crippen LogP contribution in [0.25, 0.3) is 22.2 Å². The lowest BCUT2D eigenvalue weighted by atomic mass is 10.0. The molecule has 0 atom stereocenters. The quantitative estimate of drug-likeness (QED) is 0.786.